The molecule has 3 heteroatoms. The molecule has 1 aliphatic heterocycles. The normalized spacial score (nSPS) is 18.8. The number of nitrogens with one attached hydrogen (secondary N) is 1. The van der Waals surface area contributed by atoms with Crippen LogP contribution < -0.4 is 5.32 Å². The number of benzene rings is 1. The summed E-state index contributed by atoms with van der Waals surface area (Å²) < 4.78 is 18.8. The molecule has 0 radical (unpaired) electrons. The van der Waals surface area contributed by atoms with E-state index in [0.29, 0.717) is 5.92 Å². The van der Waals surface area contributed by atoms with Crippen molar-refractivity contribution in [3.63, 3.8) is 0 Å². The van der Waals surface area contributed by atoms with E-state index in [2.05, 4.69) is 11.4 Å². The molecule has 100 valence electrons. The van der Waals surface area contributed by atoms with E-state index in [0.717, 1.165) is 43.6 Å². The van der Waals surface area contributed by atoms with Gasteiger partial charge in [0, 0.05) is 19.3 Å². The Morgan fingerprint density at radius 3 is 2.67 bits per heavy atom. The second kappa shape index (κ2) is 6.30. The summed E-state index contributed by atoms with van der Waals surface area (Å²) in [4.78, 5) is 0. The summed E-state index contributed by atoms with van der Waals surface area (Å²) in [6, 6.07) is 5.53. The molecule has 1 aromatic rings. The van der Waals surface area contributed by atoms with Crippen LogP contribution in [-0.4, -0.2) is 20.3 Å². The lowest BCUT2D eigenvalue weighted by Crippen LogP contribution is -2.24. The molecule has 0 aromatic heterocycles. The predicted molar refractivity (Wildman–Crippen MR) is 71.1 cm³/mol. The number of ether oxygens (including phenoxy) is 1. The molecule has 1 atom stereocenters. The third-order valence-corrected chi connectivity index (χ3v) is 3.73. The molecule has 0 bridgehead atoms. The van der Waals surface area contributed by atoms with E-state index in [1.807, 2.05) is 14.0 Å². The monoisotopic (exact) mass is 251 g/mol. The van der Waals surface area contributed by atoms with Crippen molar-refractivity contribution < 1.29 is 9.13 Å². The van der Waals surface area contributed by atoms with Crippen molar-refractivity contribution in [2.45, 2.75) is 32.2 Å². The van der Waals surface area contributed by atoms with Crippen molar-refractivity contribution >= 4 is 0 Å². The Hall–Kier alpha value is -0.930. The fourth-order valence-corrected chi connectivity index (χ4v) is 2.70. The van der Waals surface area contributed by atoms with Crippen LogP contribution in [0.1, 0.15) is 36.4 Å². The summed E-state index contributed by atoms with van der Waals surface area (Å²) >= 11 is 0. The Labute approximate surface area is 109 Å². The van der Waals surface area contributed by atoms with Crippen molar-refractivity contribution in [1.82, 2.24) is 5.32 Å². The molecular weight excluding hydrogens is 229 g/mol. The van der Waals surface area contributed by atoms with Gasteiger partial charge in [0.2, 0.25) is 0 Å². The highest BCUT2D eigenvalue weighted by Crippen LogP contribution is 2.28. The van der Waals surface area contributed by atoms with Crippen LogP contribution in [0.25, 0.3) is 0 Å². The molecule has 0 amide bonds. The van der Waals surface area contributed by atoms with Crippen molar-refractivity contribution in [2.75, 3.05) is 20.3 Å². The van der Waals surface area contributed by atoms with E-state index >= 15 is 0 Å². The van der Waals surface area contributed by atoms with Crippen LogP contribution in [0, 0.1) is 18.7 Å². The second-order valence-corrected chi connectivity index (χ2v) is 5.19. The first-order valence-corrected chi connectivity index (χ1v) is 6.71. The first-order chi connectivity index (χ1) is 8.69. The van der Waals surface area contributed by atoms with Crippen molar-refractivity contribution in [2.24, 2.45) is 5.92 Å². The Kier molecular flexibility index (Phi) is 4.72. The average Bonchev–Trinajstić information content (AvgIpc) is 2.36. The molecule has 2 rings (SSSR count). The van der Waals surface area contributed by atoms with Crippen LogP contribution >= 0.6 is 0 Å². The van der Waals surface area contributed by atoms with Crippen LogP contribution in [0.15, 0.2) is 18.2 Å². The number of hydrogen-bond acceptors (Lipinski definition) is 2. The quantitative estimate of drug-likeness (QED) is 0.887. The molecule has 0 aliphatic carbocycles. The Morgan fingerprint density at radius 1 is 1.33 bits per heavy atom. The van der Waals surface area contributed by atoms with E-state index in [1.165, 1.54) is 0 Å². The molecule has 0 saturated carbocycles. The summed E-state index contributed by atoms with van der Waals surface area (Å²) in [5.41, 5.74) is 2.04. The van der Waals surface area contributed by atoms with Gasteiger partial charge in [-0.25, -0.2) is 4.39 Å². The highest BCUT2D eigenvalue weighted by atomic mass is 19.1. The number of hydrogen-bond donors (Lipinski definition) is 1. The van der Waals surface area contributed by atoms with Gasteiger partial charge < -0.3 is 10.1 Å². The van der Waals surface area contributed by atoms with E-state index in [9.17, 15) is 4.39 Å². The SMILES string of the molecule is CNC(CC1CCOCC1)c1cc(C)cc(F)c1. The topological polar surface area (TPSA) is 21.3 Å². The van der Waals surface area contributed by atoms with Crippen molar-refractivity contribution in [3.05, 3.63) is 35.1 Å². The summed E-state index contributed by atoms with van der Waals surface area (Å²) in [6.07, 6.45) is 3.29. The summed E-state index contributed by atoms with van der Waals surface area (Å²) in [5.74, 6) is 0.539. The first-order valence-electron chi connectivity index (χ1n) is 6.71. The van der Waals surface area contributed by atoms with Gasteiger partial charge in [0.05, 0.1) is 0 Å². The minimum Gasteiger partial charge on any atom is -0.381 e. The Balaban J connectivity index is 2.06. The molecule has 1 N–H and O–H groups in total. The van der Waals surface area contributed by atoms with E-state index in [-0.39, 0.29) is 11.9 Å². The van der Waals surface area contributed by atoms with Crippen LogP contribution in [0.5, 0.6) is 0 Å². The predicted octanol–water partition coefficient (Wildman–Crippen LogP) is 3.21. The zero-order chi connectivity index (χ0) is 13.0. The summed E-state index contributed by atoms with van der Waals surface area (Å²) in [6.45, 7) is 3.67. The van der Waals surface area contributed by atoms with Gasteiger partial charge >= 0.3 is 0 Å². The molecule has 1 fully saturated rings. The van der Waals surface area contributed by atoms with Crippen LogP contribution in [0.4, 0.5) is 4.39 Å². The van der Waals surface area contributed by atoms with Crippen molar-refractivity contribution in [1.29, 1.82) is 0 Å². The molecule has 18 heavy (non-hydrogen) atoms. The van der Waals surface area contributed by atoms with Gasteiger partial charge in [-0.15, -0.1) is 0 Å². The molecular formula is C15H22FNO. The first kappa shape index (κ1) is 13.5. The lowest BCUT2D eigenvalue weighted by molar-refractivity contribution is 0.0608. The second-order valence-electron chi connectivity index (χ2n) is 5.19. The van der Waals surface area contributed by atoms with Gasteiger partial charge in [0.15, 0.2) is 0 Å². The van der Waals surface area contributed by atoms with E-state index in [4.69, 9.17) is 4.74 Å². The lowest BCUT2D eigenvalue weighted by atomic mass is 9.89. The van der Waals surface area contributed by atoms with Gasteiger partial charge in [0.1, 0.15) is 5.82 Å². The average molecular weight is 251 g/mol. The Bertz CT molecular complexity index is 368. The highest BCUT2D eigenvalue weighted by molar-refractivity contribution is 5.26. The van der Waals surface area contributed by atoms with Crippen LogP contribution in [0.3, 0.4) is 0 Å². The van der Waals surface area contributed by atoms with E-state index < -0.39 is 0 Å². The van der Waals surface area contributed by atoms with Crippen molar-refractivity contribution in [3.8, 4) is 0 Å². The maximum absolute atomic E-state index is 13.5. The highest BCUT2D eigenvalue weighted by Gasteiger charge is 2.20. The molecule has 0 spiro atoms. The van der Waals surface area contributed by atoms with Gasteiger partial charge in [-0.2, -0.15) is 0 Å². The molecule has 1 saturated heterocycles. The van der Waals surface area contributed by atoms with Crippen LogP contribution in [0.2, 0.25) is 0 Å². The zero-order valence-electron chi connectivity index (χ0n) is 11.2. The molecule has 2 nitrogen and oxygen atoms in total. The third-order valence-electron chi connectivity index (χ3n) is 3.73. The fraction of sp³-hybridized carbons (Fsp3) is 0.600. The molecule has 1 aromatic carbocycles. The summed E-state index contributed by atoms with van der Waals surface area (Å²) in [7, 11) is 1.95. The number of halogens is 1. The van der Waals surface area contributed by atoms with E-state index in [1.54, 1.807) is 12.1 Å². The smallest absolute Gasteiger partial charge is 0.123 e. The standard InChI is InChI=1S/C15H22FNO/c1-11-7-13(10-14(16)8-11)15(17-2)9-12-3-5-18-6-4-12/h7-8,10,12,15,17H,3-6,9H2,1-2H3. The van der Waals surface area contributed by atoms with Gasteiger partial charge in [0.25, 0.3) is 0 Å². The molecule has 1 unspecified atom stereocenters. The third kappa shape index (κ3) is 3.53. The fourth-order valence-electron chi connectivity index (χ4n) is 2.70. The van der Waals surface area contributed by atoms with Crippen LogP contribution in [-0.2, 0) is 4.74 Å². The number of aryl methyl sites for hydroxylation is 1. The van der Waals surface area contributed by atoms with Gasteiger partial charge in [-0.3, -0.25) is 0 Å². The van der Waals surface area contributed by atoms with Gasteiger partial charge in [-0.05, 0) is 62.4 Å². The number of rotatable bonds is 4. The zero-order valence-corrected chi connectivity index (χ0v) is 11.2. The summed E-state index contributed by atoms with van der Waals surface area (Å²) in [5, 5.41) is 3.31. The Morgan fingerprint density at radius 2 is 2.06 bits per heavy atom. The maximum atomic E-state index is 13.5. The lowest BCUT2D eigenvalue weighted by Gasteiger charge is -2.27. The van der Waals surface area contributed by atoms with Gasteiger partial charge in [-0.1, -0.05) is 6.07 Å². The molecule has 1 heterocycles. The molecule has 1 aliphatic rings. The minimum absolute atomic E-state index is 0.141. The minimum atomic E-state index is -0.141. The maximum Gasteiger partial charge on any atom is 0.123 e. The largest absolute Gasteiger partial charge is 0.381 e.